The summed E-state index contributed by atoms with van der Waals surface area (Å²) in [5, 5.41) is 8.62. The average molecular weight is 377 g/mol. The Kier molecular flexibility index (Phi) is 6.53. The van der Waals surface area contributed by atoms with Crippen LogP contribution in [-0.2, 0) is 10.0 Å². The highest BCUT2D eigenvalue weighted by Crippen LogP contribution is 2.37. The van der Waals surface area contributed by atoms with Gasteiger partial charge in [-0.2, -0.15) is 22.0 Å². The minimum atomic E-state index is -5.87. The molecule has 1 aromatic carbocycles. The molecule has 1 rings (SSSR count). The van der Waals surface area contributed by atoms with Gasteiger partial charge < -0.3 is 9.84 Å². The molecule has 0 saturated carbocycles. The van der Waals surface area contributed by atoms with Crippen LogP contribution < -0.4 is 9.46 Å². The van der Waals surface area contributed by atoms with Crippen LogP contribution in [0.1, 0.15) is 24.9 Å². The van der Waals surface area contributed by atoms with Gasteiger partial charge in [0.1, 0.15) is 5.75 Å². The Hall–Kier alpha value is -1.46. The summed E-state index contributed by atoms with van der Waals surface area (Å²) in [7, 11) is -3.74. The number of hydrogen-bond acceptors (Lipinski definition) is 4. The van der Waals surface area contributed by atoms with Crippen molar-refractivity contribution in [1.29, 1.82) is 0 Å². The Morgan fingerprint density at radius 2 is 1.88 bits per heavy atom. The molecule has 0 aliphatic rings. The number of halogens is 5. The second-order valence-electron chi connectivity index (χ2n) is 4.92. The van der Waals surface area contributed by atoms with E-state index in [1.807, 2.05) is 0 Å². The van der Waals surface area contributed by atoms with E-state index < -0.39 is 34.1 Å². The van der Waals surface area contributed by atoms with Gasteiger partial charge >= 0.3 is 12.3 Å². The van der Waals surface area contributed by atoms with E-state index in [2.05, 4.69) is 9.46 Å². The molecule has 0 fully saturated rings. The van der Waals surface area contributed by atoms with Crippen LogP contribution in [0.2, 0.25) is 0 Å². The highest BCUT2D eigenvalue weighted by atomic mass is 32.2. The summed E-state index contributed by atoms with van der Waals surface area (Å²) < 4.78 is 91.4. The summed E-state index contributed by atoms with van der Waals surface area (Å²) >= 11 is 0. The van der Waals surface area contributed by atoms with Crippen LogP contribution in [-0.4, -0.2) is 38.2 Å². The Morgan fingerprint density at radius 3 is 2.42 bits per heavy atom. The van der Waals surface area contributed by atoms with Crippen LogP contribution in [0.15, 0.2) is 24.3 Å². The van der Waals surface area contributed by atoms with Crippen LogP contribution in [0.25, 0.3) is 0 Å². The SMILES string of the molecule is C[C@@H](NS(=O)(=O)CCCO)c1cccc(OC(F)(F)C(F)(F)F)c1. The molecule has 0 unspecified atom stereocenters. The fourth-order valence-corrected chi connectivity index (χ4v) is 3.01. The first kappa shape index (κ1) is 20.6. The fourth-order valence-electron chi connectivity index (χ4n) is 1.70. The molecule has 0 spiro atoms. The van der Waals surface area contributed by atoms with Gasteiger partial charge in [0.2, 0.25) is 10.0 Å². The molecule has 0 heterocycles. The lowest BCUT2D eigenvalue weighted by Crippen LogP contribution is -2.41. The molecule has 138 valence electrons. The van der Waals surface area contributed by atoms with E-state index >= 15 is 0 Å². The third-order valence-corrected chi connectivity index (χ3v) is 4.40. The minimum absolute atomic E-state index is 0.00299. The summed E-state index contributed by atoms with van der Waals surface area (Å²) in [6.07, 6.45) is -11.2. The van der Waals surface area contributed by atoms with Crippen molar-refractivity contribution < 1.29 is 40.2 Å². The lowest BCUT2D eigenvalue weighted by molar-refractivity contribution is -0.360. The maximum atomic E-state index is 12.9. The number of benzene rings is 1. The monoisotopic (exact) mass is 377 g/mol. The number of sulfonamides is 1. The molecule has 24 heavy (non-hydrogen) atoms. The third-order valence-electron chi connectivity index (χ3n) is 2.86. The van der Waals surface area contributed by atoms with E-state index in [0.29, 0.717) is 0 Å². The van der Waals surface area contributed by atoms with E-state index in [0.717, 1.165) is 18.2 Å². The molecule has 0 aromatic heterocycles. The van der Waals surface area contributed by atoms with Crippen molar-refractivity contribution in [2.75, 3.05) is 12.4 Å². The maximum absolute atomic E-state index is 12.9. The molecule has 1 aromatic rings. The van der Waals surface area contributed by atoms with Gasteiger partial charge in [-0.25, -0.2) is 13.1 Å². The number of nitrogens with one attached hydrogen (secondary N) is 1. The first-order valence-electron chi connectivity index (χ1n) is 6.72. The molecule has 1 atom stereocenters. The summed E-state index contributed by atoms with van der Waals surface area (Å²) in [5.41, 5.74) is 0.137. The second kappa shape index (κ2) is 7.62. The number of aliphatic hydroxyl groups is 1. The zero-order valence-electron chi connectivity index (χ0n) is 12.5. The lowest BCUT2D eigenvalue weighted by Gasteiger charge is -2.21. The molecule has 0 aliphatic heterocycles. The van der Waals surface area contributed by atoms with Crippen LogP contribution in [0.3, 0.4) is 0 Å². The van der Waals surface area contributed by atoms with E-state index in [1.54, 1.807) is 0 Å². The van der Waals surface area contributed by atoms with Crippen LogP contribution in [0.5, 0.6) is 5.75 Å². The van der Waals surface area contributed by atoms with Gasteiger partial charge in [-0.3, -0.25) is 0 Å². The van der Waals surface area contributed by atoms with Gasteiger partial charge in [-0.05, 0) is 31.0 Å². The lowest BCUT2D eigenvalue weighted by atomic mass is 10.1. The molecule has 0 saturated heterocycles. The molecular formula is C13H16F5NO4S. The van der Waals surface area contributed by atoms with Crippen molar-refractivity contribution in [2.45, 2.75) is 31.7 Å². The van der Waals surface area contributed by atoms with Gasteiger partial charge in [0.15, 0.2) is 0 Å². The summed E-state index contributed by atoms with van der Waals surface area (Å²) in [5.74, 6) is -1.10. The highest BCUT2D eigenvalue weighted by molar-refractivity contribution is 7.89. The average Bonchev–Trinajstić information content (AvgIpc) is 2.43. The standard InChI is InChI=1S/C13H16F5NO4S/c1-9(19-24(21,22)7-3-6-20)10-4-2-5-11(8-10)23-13(17,18)12(14,15)16/h2,4-5,8-9,19-20H,3,6-7H2,1H3/t9-/m1/s1. The molecule has 0 bridgehead atoms. The maximum Gasteiger partial charge on any atom is 0.499 e. The molecule has 11 heteroatoms. The molecule has 0 aliphatic carbocycles. The second-order valence-corrected chi connectivity index (χ2v) is 6.80. The van der Waals surface area contributed by atoms with Gasteiger partial charge in [-0.1, -0.05) is 12.1 Å². The molecule has 5 nitrogen and oxygen atoms in total. The van der Waals surface area contributed by atoms with Crippen LogP contribution in [0.4, 0.5) is 22.0 Å². The number of hydrogen-bond donors (Lipinski definition) is 2. The van der Waals surface area contributed by atoms with Gasteiger partial charge in [0.25, 0.3) is 0 Å². The van der Waals surface area contributed by atoms with E-state index in [9.17, 15) is 30.4 Å². The zero-order valence-corrected chi connectivity index (χ0v) is 13.3. The van der Waals surface area contributed by atoms with Crippen LogP contribution in [0, 0.1) is 0 Å². The summed E-state index contributed by atoms with van der Waals surface area (Å²) in [4.78, 5) is 0. The largest absolute Gasteiger partial charge is 0.499 e. The van der Waals surface area contributed by atoms with E-state index in [-0.39, 0.29) is 24.3 Å². The number of rotatable bonds is 8. The zero-order chi connectivity index (χ0) is 18.6. The first-order chi connectivity index (χ1) is 10.9. The smallest absolute Gasteiger partial charge is 0.426 e. The number of aliphatic hydroxyl groups excluding tert-OH is 1. The van der Waals surface area contributed by atoms with Gasteiger partial charge in [0.05, 0.1) is 5.75 Å². The predicted octanol–water partition coefficient (Wildman–Crippen LogP) is 2.58. The van der Waals surface area contributed by atoms with Crippen molar-refractivity contribution in [1.82, 2.24) is 4.72 Å². The van der Waals surface area contributed by atoms with Crippen molar-refractivity contribution in [3.8, 4) is 5.75 Å². The molecule has 0 radical (unpaired) electrons. The third kappa shape index (κ3) is 5.87. The van der Waals surface area contributed by atoms with E-state index in [1.165, 1.54) is 13.0 Å². The quantitative estimate of drug-likeness (QED) is 0.683. The topological polar surface area (TPSA) is 75.6 Å². The van der Waals surface area contributed by atoms with Crippen molar-refractivity contribution in [3.63, 3.8) is 0 Å². The molecular weight excluding hydrogens is 361 g/mol. The summed E-state index contributed by atoms with van der Waals surface area (Å²) in [6, 6.07) is 3.40. The van der Waals surface area contributed by atoms with Gasteiger partial charge in [-0.15, -0.1) is 0 Å². The highest BCUT2D eigenvalue weighted by Gasteiger charge is 2.61. The van der Waals surface area contributed by atoms with Crippen molar-refractivity contribution in [2.24, 2.45) is 0 Å². The Bertz CT molecular complexity index is 648. The first-order valence-corrected chi connectivity index (χ1v) is 8.37. The number of alkyl halides is 5. The molecule has 0 amide bonds. The molecule has 2 N–H and O–H groups in total. The minimum Gasteiger partial charge on any atom is -0.426 e. The Morgan fingerprint density at radius 1 is 1.25 bits per heavy atom. The van der Waals surface area contributed by atoms with Crippen molar-refractivity contribution in [3.05, 3.63) is 29.8 Å². The summed E-state index contributed by atoms with van der Waals surface area (Å²) in [6.45, 7) is 1.06. The predicted molar refractivity (Wildman–Crippen MR) is 75.1 cm³/mol. The normalized spacial score (nSPS) is 14.5. The fraction of sp³-hybridized carbons (Fsp3) is 0.538. The van der Waals surface area contributed by atoms with Gasteiger partial charge in [0, 0.05) is 12.6 Å². The number of ether oxygens (including phenoxy) is 1. The van der Waals surface area contributed by atoms with Crippen molar-refractivity contribution >= 4 is 10.0 Å². The Labute approximate surface area is 135 Å². The Balaban J connectivity index is 2.89. The van der Waals surface area contributed by atoms with Crippen LogP contribution >= 0.6 is 0 Å². The van der Waals surface area contributed by atoms with E-state index in [4.69, 9.17) is 5.11 Å².